The molecule has 0 amide bonds. The van der Waals surface area contributed by atoms with E-state index in [0.29, 0.717) is 0 Å². The Hall–Kier alpha value is -3.12. The molecule has 0 saturated carbocycles. The quantitative estimate of drug-likeness (QED) is 0.259. The Balaban J connectivity index is 1.61. The van der Waals surface area contributed by atoms with E-state index in [2.05, 4.69) is 139 Å². The number of allylic oxidation sites excluding steroid dienone is 4. The fraction of sp³-hybridized carbons (Fsp3) is 0.294. The van der Waals surface area contributed by atoms with Crippen molar-refractivity contribution in [3.8, 4) is 0 Å². The molecule has 0 atom stereocenters. The van der Waals surface area contributed by atoms with Gasteiger partial charge in [0.25, 0.3) is 0 Å². The van der Waals surface area contributed by atoms with Gasteiger partial charge in [-0.2, -0.15) is 0 Å². The van der Waals surface area contributed by atoms with Gasteiger partial charge in [0.2, 0.25) is 0 Å². The third kappa shape index (κ3) is 4.47. The van der Waals surface area contributed by atoms with Crippen LogP contribution in [0.1, 0.15) is 63.3 Å². The summed E-state index contributed by atoms with van der Waals surface area (Å²) in [5, 5.41) is 5.37. The van der Waals surface area contributed by atoms with E-state index in [1.165, 1.54) is 49.4 Å². The zero-order chi connectivity index (χ0) is 24.5. The van der Waals surface area contributed by atoms with Crippen LogP contribution in [0.3, 0.4) is 0 Å². The smallest absolute Gasteiger partial charge is 0.0114 e. The average molecular weight is 447 g/mol. The highest BCUT2D eigenvalue weighted by molar-refractivity contribution is 5.89. The number of benzene rings is 4. The van der Waals surface area contributed by atoms with Gasteiger partial charge < -0.3 is 0 Å². The lowest BCUT2D eigenvalue weighted by molar-refractivity contribution is 0.535. The van der Waals surface area contributed by atoms with E-state index >= 15 is 0 Å². The van der Waals surface area contributed by atoms with Crippen LogP contribution in [0.25, 0.3) is 21.5 Å². The first-order chi connectivity index (χ1) is 16.1. The lowest BCUT2D eigenvalue weighted by Crippen LogP contribution is -2.20. The van der Waals surface area contributed by atoms with Gasteiger partial charge in [-0.3, -0.25) is 0 Å². The Morgan fingerprint density at radius 1 is 0.676 bits per heavy atom. The van der Waals surface area contributed by atoms with Crippen molar-refractivity contribution in [2.45, 2.75) is 65.7 Å². The number of fused-ring (bicyclic) bond motifs is 2. The summed E-state index contributed by atoms with van der Waals surface area (Å²) in [5.74, 6) is 0. The summed E-state index contributed by atoms with van der Waals surface area (Å²) >= 11 is 0. The number of hydrogen-bond donors (Lipinski definition) is 0. The molecule has 0 aliphatic rings. The van der Waals surface area contributed by atoms with Crippen molar-refractivity contribution >= 4 is 21.5 Å². The van der Waals surface area contributed by atoms with E-state index in [-0.39, 0.29) is 10.8 Å². The monoisotopic (exact) mass is 446 g/mol. The molecule has 0 aliphatic carbocycles. The molecule has 0 aromatic heterocycles. The van der Waals surface area contributed by atoms with Gasteiger partial charge >= 0.3 is 0 Å². The molecule has 0 heterocycles. The Kier molecular flexibility index (Phi) is 6.54. The summed E-state index contributed by atoms with van der Waals surface area (Å²) in [5.41, 5.74) is 7.01. The van der Waals surface area contributed by atoms with E-state index in [4.69, 9.17) is 0 Å². The molecule has 0 fully saturated rings. The molecule has 0 N–H and O–H groups in total. The first-order valence-electron chi connectivity index (χ1n) is 12.4. The van der Waals surface area contributed by atoms with Crippen LogP contribution in [0.4, 0.5) is 0 Å². The van der Waals surface area contributed by atoms with Gasteiger partial charge in [-0.15, -0.1) is 0 Å². The van der Waals surface area contributed by atoms with Gasteiger partial charge in [0.05, 0.1) is 0 Å². The average Bonchev–Trinajstić information content (AvgIpc) is 2.81. The van der Waals surface area contributed by atoms with Crippen LogP contribution >= 0.6 is 0 Å². The van der Waals surface area contributed by atoms with Gasteiger partial charge in [0, 0.05) is 5.41 Å². The van der Waals surface area contributed by atoms with Crippen molar-refractivity contribution < 1.29 is 0 Å². The zero-order valence-electron chi connectivity index (χ0n) is 21.9. The molecule has 0 aliphatic heterocycles. The molecule has 34 heavy (non-hydrogen) atoms. The highest BCUT2D eigenvalue weighted by Gasteiger charge is 2.26. The number of rotatable bonds is 6. The zero-order valence-corrected chi connectivity index (χ0v) is 21.9. The predicted molar refractivity (Wildman–Crippen MR) is 151 cm³/mol. The predicted octanol–water partition coefficient (Wildman–Crippen LogP) is 9.76. The summed E-state index contributed by atoms with van der Waals surface area (Å²) in [6, 6.07) is 26.5. The largest absolute Gasteiger partial charge is 0.0837 e. The molecule has 0 unspecified atom stereocenters. The summed E-state index contributed by atoms with van der Waals surface area (Å²) in [6.07, 6.45) is 7.92. The second kappa shape index (κ2) is 9.26. The van der Waals surface area contributed by atoms with Crippen molar-refractivity contribution in [1.82, 2.24) is 0 Å². The van der Waals surface area contributed by atoms with Gasteiger partial charge in [0.15, 0.2) is 0 Å². The molecule has 0 spiro atoms. The maximum atomic E-state index is 2.37. The minimum Gasteiger partial charge on any atom is -0.0837 e. The highest BCUT2D eigenvalue weighted by atomic mass is 14.3. The summed E-state index contributed by atoms with van der Waals surface area (Å²) in [7, 11) is 0. The molecule has 0 radical (unpaired) electrons. The Morgan fingerprint density at radius 2 is 1.18 bits per heavy atom. The van der Waals surface area contributed by atoms with Crippen molar-refractivity contribution in [3.63, 3.8) is 0 Å². The topological polar surface area (TPSA) is 0 Å². The van der Waals surface area contributed by atoms with E-state index in [0.717, 1.165) is 6.42 Å². The van der Waals surface area contributed by atoms with Crippen molar-refractivity contribution in [2.75, 3.05) is 0 Å². The van der Waals surface area contributed by atoms with Crippen LogP contribution in [-0.4, -0.2) is 0 Å². The van der Waals surface area contributed by atoms with Crippen molar-refractivity contribution in [2.24, 2.45) is 0 Å². The van der Waals surface area contributed by atoms with Gasteiger partial charge in [0.1, 0.15) is 0 Å². The highest BCUT2D eigenvalue weighted by Crippen LogP contribution is 2.39. The number of hydrogen-bond acceptors (Lipinski definition) is 0. The van der Waals surface area contributed by atoms with E-state index < -0.39 is 0 Å². The van der Waals surface area contributed by atoms with E-state index in [1.54, 1.807) is 0 Å². The maximum absolute atomic E-state index is 2.37. The standard InChI is InChI=1S/C34H38/c1-24-19-21-27-15-8-10-17-29(27)31(24)33(4,5)23-13-12-14-26(3)34(6,7)32-25(2)20-22-28-16-9-11-18-30(28)32/h8-22H,23H2,1-7H3/b13-12+,26-14-. The summed E-state index contributed by atoms with van der Waals surface area (Å²) < 4.78 is 0. The molecule has 4 rings (SSSR count). The molecular formula is C34H38. The van der Waals surface area contributed by atoms with Gasteiger partial charge in [-0.1, -0.05) is 124 Å². The molecule has 0 bridgehead atoms. The van der Waals surface area contributed by atoms with Crippen LogP contribution in [0.2, 0.25) is 0 Å². The molecule has 0 nitrogen and oxygen atoms in total. The van der Waals surface area contributed by atoms with Gasteiger partial charge in [-0.25, -0.2) is 0 Å². The fourth-order valence-electron chi connectivity index (χ4n) is 5.57. The third-order valence-corrected chi connectivity index (χ3v) is 7.67. The first-order valence-corrected chi connectivity index (χ1v) is 12.4. The molecular weight excluding hydrogens is 408 g/mol. The van der Waals surface area contributed by atoms with Crippen LogP contribution < -0.4 is 0 Å². The molecule has 0 saturated heterocycles. The van der Waals surface area contributed by atoms with Gasteiger partial charge in [-0.05, 0) is 76.4 Å². The lowest BCUT2D eigenvalue weighted by Gasteiger charge is -2.30. The van der Waals surface area contributed by atoms with Crippen molar-refractivity contribution in [1.29, 1.82) is 0 Å². The van der Waals surface area contributed by atoms with Crippen LogP contribution in [0.15, 0.2) is 96.6 Å². The second-order valence-corrected chi connectivity index (χ2v) is 10.9. The Bertz CT molecular complexity index is 1390. The van der Waals surface area contributed by atoms with Crippen LogP contribution in [0.5, 0.6) is 0 Å². The van der Waals surface area contributed by atoms with E-state index in [1.807, 2.05) is 0 Å². The fourth-order valence-corrected chi connectivity index (χ4v) is 5.57. The summed E-state index contributed by atoms with van der Waals surface area (Å²) in [4.78, 5) is 0. The molecule has 4 aromatic rings. The van der Waals surface area contributed by atoms with Crippen molar-refractivity contribution in [3.05, 3.63) is 119 Å². The Morgan fingerprint density at radius 3 is 1.76 bits per heavy atom. The Labute approximate surface area is 206 Å². The maximum Gasteiger partial charge on any atom is 0.0114 e. The molecule has 0 heteroatoms. The lowest BCUT2D eigenvalue weighted by atomic mass is 9.74. The van der Waals surface area contributed by atoms with E-state index in [9.17, 15) is 0 Å². The number of aryl methyl sites for hydroxylation is 2. The minimum absolute atomic E-state index is 0.0446. The van der Waals surface area contributed by atoms with Crippen LogP contribution in [0, 0.1) is 13.8 Å². The van der Waals surface area contributed by atoms with Crippen LogP contribution in [-0.2, 0) is 10.8 Å². The summed E-state index contributed by atoms with van der Waals surface area (Å²) in [6.45, 7) is 16.2. The first kappa shape index (κ1) is 24.0. The molecule has 174 valence electrons. The molecule has 4 aromatic carbocycles. The third-order valence-electron chi connectivity index (χ3n) is 7.67. The second-order valence-electron chi connectivity index (χ2n) is 10.9. The normalized spacial score (nSPS) is 13.3. The minimum atomic E-state index is -0.0446. The SMILES string of the molecule is C/C(=C/C=C/CC(C)(C)c1c(C)ccc2ccccc12)C(C)(C)c1c(C)ccc2ccccc12.